The lowest BCUT2D eigenvalue weighted by Crippen LogP contribution is -2.08. The number of esters is 1. The Morgan fingerprint density at radius 1 is 1.53 bits per heavy atom. The van der Waals surface area contributed by atoms with E-state index in [0.29, 0.717) is 5.56 Å². The Bertz CT molecular complexity index is 379. The van der Waals surface area contributed by atoms with Gasteiger partial charge in [0.05, 0.1) is 12.7 Å². The third-order valence-corrected chi connectivity index (χ3v) is 2.72. The molecule has 0 spiro atoms. The molecule has 2 rings (SSSR count). The van der Waals surface area contributed by atoms with Gasteiger partial charge in [-0.15, -0.1) is 12.4 Å². The minimum Gasteiger partial charge on any atom is -0.465 e. The number of nitrogens with two attached hydrogens (primary N) is 1. The molecule has 4 heteroatoms. The van der Waals surface area contributed by atoms with E-state index < -0.39 is 0 Å². The molecule has 0 heterocycles. The molecule has 2 N–H and O–H groups in total. The monoisotopic (exact) mass is 227 g/mol. The molecule has 1 atom stereocenters. The highest BCUT2D eigenvalue weighted by Gasteiger charge is 2.23. The number of carbonyl (C=O) groups excluding carboxylic acids is 1. The van der Waals surface area contributed by atoms with Crippen molar-refractivity contribution in [2.45, 2.75) is 18.9 Å². The summed E-state index contributed by atoms with van der Waals surface area (Å²) < 4.78 is 4.72. The van der Waals surface area contributed by atoms with Gasteiger partial charge in [0.25, 0.3) is 0 Å². The fourth-order valence-electron chi connectivity index (χ4n) is 1.99. The molecule has 1 aromatic rings. The third kappa shape index (κ3) is 1.98. The summed E-state index contributed by atoms with van der Waals surface area (Å²) in [5, 5.41) is 0. The van der Waals surface area contributed by atoms with Gasteiger partial charge in [-0.2, -0.15) is 0 Å². The molecule has 0 radical (unpaired) electrons. The van der Waals surface area contributed by atoms with Crippen molar-refractivity contribution in [3.63, 3.8) is 0 Å². The second-order valence-corrected chi connectivity index (χ2v) is 3.51. The lowest BCUT2D eigenvalue weighted by Gasteiger charge is -2.07. The summed E-state index contributed by atoms with van der Waals surface area (Å²) in [6, 6.07) is 5.72. The number of fused-ring (bicyclic) bond motifs is 1. The van der Waals surface area contributed by atoms with Gasteiger partial charge in [0.15, 0.2) is 0 Å². The number of hydrogen-bond donors (Lipinski definition) is 1. The maximum atomic E-state index is 11.4. The van der Waals surface area contributed by atoms with Crippen LogP contribution in [0.2, 0.25) is 0 Å². The van der Waals surface area contributed by atoms with E-state index in [9.17, 15) is 4.79 Å². The maximum absolute atomic E-state index is 11.4. The van der Waals surface area contributed by atoms with Crippen LogP contribution in [0.1, 0.15) is 33.9 Å². The normalized spacial score (nSPS) is 17.9. The maximum Gasteiger partial charge on any atom is 0.338 e. The van der Waals surface area contributed by atoms with Crippen LogP contribution in [0.15, 0.2) is 18.2 Å². The molecule has 0 aromatic heterocycles. The summed E-state index contributed by atoms with van der Waals surface area (Å²) in [6.07, 6.45) is 1.80. The highest BCUT2D eigenvalue weighted by atomic mass is 35.5. The Balaban J connectivity index is 0.00000112. The van der Waals surface area contributed by atoms with Crippen molar-refractivity contribution >= 4 is 18.4 Å². The van der Waals surface area contributed by atoms with Gasteiger partial charge >= 0.3 is 5.97 Å². The van der Waals surface area contributed by atoms with Crippen molar-refractivity contribution in [2.75, 3.05) is 7.11 Å². The summed E-state index contributed by atoms with van der Waals surface area (Å²) in [4.78, 5) is 11.4. The van der Waals surface area contributed by atoms with E-state index in [-0.39, 0.29) is 24.4 Å². The summed E-state index contributed by atoms with van der Waals surface area (Å²) in [7, 11) is 1.40. The molecule has 3 nitrogen and oxygen atoms in total. The van der Waals surface area contributed by atoms with Crippen LogP contribution in [0.3, 0.4) is 0 Å². The first-order valence-corrected chi connectivity index (χ1v) is 4.69. The minimum absolute atomic E-state index is 0. The first-order chi connectivity index (χ1) is 6.74. The molecule has 15 heavy (non-hydrogen) atoms. The summed E-state index contributed by atoms with van der Waals surface area (Å²) in [5.74, 6) is -0.268. The predicted octanol–water partition coefficient (Wildman–Crippen LogP) is 1.84. The highest BCUT2D eigenvalue weighted by molar-refractivity contribution is 5.91. The van der Waals surface area contributed by atoms with Crippen molar-refractivity contribution in [3.05, 3.63) is 34.9 Å². The zero-order valence-electron chi connectivity index (χ0n) is 8.53. The number of benzene rings is 1. The van der Waals surface area contributed by atoms with E-state index in [1.54, 1.807) is 6.07 Å². The van der Waals surface area contributed by atoms with E-state index in [0.717, 1.165) is 24.0 Å². The predicted molar refractivity (Wildman–Crippen MR) is 60.3 cm³/mol. The number of halogens is 1. The number of carbonyl (C=O) groups is 1. The molecular weight excluding hydrogens is 214 g/mol. The number of hydrogen-bond acceptors (Lipinski definition) is 3. The van der Waals surface area contributed by atoms with Crippen molar-refractivity contribution in [1.82, 2.24) is 0 Å². The fourth-order valence-corrected chi connectivity index (χ4v) is 1.99. The first kappa shape index (κ1) is 12.0. The standard InChI is InChI=1S/C11H13NO2.ClH/c1-14-11(13)9-4-2-3-8-7(9)5-6-10(8)12;/h2-4,10H,5-6,12H2,1H3;1H/t10-;/m1./s1. The fraction of sp³-hybridized carbons (Fsp3) is 0.364. The van der Waals surface area contributed by atoms with Crippen LogP contribution in [0.25, 0.3) is 0 Å². The zero-order valence-corrected chi connectivity index (χ0v) is 9.34. The van der Waals surface area contributed by atoms with Gasteiger partial charge in [0.1, 0.15) is 0 Å². The van der Waals surface area contributed by atoms with Crippen LogP contribution < -0.4 is 5.73 Å². The molecule has 1 aliphatic carbocycles. The van der Waals surface area contributed by atoms with Crippen LogP contribution >= 0.6 is 12.4 Å². The molecule has 0 aliphatic heterocycles. The second-order valence-electron chi connectivity index (χ2n) is 3.51. The van der Waals surface area contributed by atoms with Gasteiger partial charge in [-0.3, -0.25) is 0 Å². The zero-order chi connectivity index (χ0) is 10.1. The molecule has 0 fully saturated rings. The van der Waals surface area contributed by atoms with E-state index in [1.807, 2.05) is 12.1 Å². The lowest BCUT2D eigenvalue weighted by molar-refractivity contribution is 0.0599. The number of methoxy groups -OCH3 is 1. The minimum atomic E-state index is -0.268. The highest BCUT2D eigenvalue weighted by Crippen LogP contribution is 2.31. The molecule has 1 aromatic carbocycles. The van der Waals surface area contributed by atoms with E-state index in [4.69, 9.17) is 10.5 Å². The van der Waals surface area contributed by atoms with Crippen molar-refractivity contribution in [3.8, 4) is 0 Å². The molecule has 82 valence electrons. The van der Waals surface area contributed by atoms with E-state index >= 15 is 0 Å². The Labute approximate surface area is 95.0 Å². The average molecular weight is 228 g/mol. The molecule has 0 amide bonds. The van der Waals surface area contributed by atoms with Gasteiger partial charge in [-0.1, -0.05) is 12.1 Å². The Hall–Kier alpha value is -1.06. The molecule has 0 unspecified atom stereocenters. The number of rotatable bonds is 1. The number of ether oxygens (including phenoxy) is 1. The van der Waals surface area contributed by atoms with Crippen LogP contribution in [0.5, 0.6) is 0 Å². The quantitative estimate of drug-likeness (QED) is 0.745. The topological polar surface area (TPSA) is 52.3 Å². The summed E-state index contributed by atoms with van der Waals surface area (Å²) in [6.45, 7) is 0. The average Bonchev–Trinajstić information content (AvgIpc) is 2.59. The van der Waals surface area contributed by atoms with E-state index in [1.165, 1.54) is 7.11 Å². The van der Waals surface area contributed by atoms with Gasteiger partial charge in [-0.05, 0) is 30.0 Å². The van der Waals surface area contributed by atoms with E-state index in [2.05, 4.69) is 0 Å². The Morgan fingerprint density at radius 2 is 2.27 bits per heavy atom. The van der Waals surface area contributed by atoms with Crippen molar-refractivity contribution in [2.24, 2.45) is 5.73 Å². The van der Waals surface area contributed by atoms with Crippen molar-refractivity contribution in [1.29, 1.82) is 0 Å². The smallest absolute Gasteiger partial charge is 0.338 e. The molecule has 0 saturated carbocycles. The second kappa shape index (κ2) is 4.64. The Morgan fingerprint density at radius 3 is 2.93 bits per heavy atom. The molecule has 0 saturated heterocycles. The van der Waals surface area contributed by atoms with Crippen LogP contribution in [0.4, 0.5) is 0 Å². The first-order valence-electron chi connectivity index (χ1n) is 4.69. The van der Waals surface area contributed by atoms with Gasteiger partial charge in [-0.25, -0.2) is 4.79 Å². The van der Waals surface area contributed by atoms with Crippen LogP contribution in [-0.4, -0.2) is 13.1 Å². The van der Waals surface area contributed by atoms with Crippen molar-refractivity contribution < 1.29 is 9.53 Å². The van der Waals surface area contributed by atoms with Crippen LogP contribution in [-0.2, 0) is 11.2 Å². The summed E-state index contributed by atoms with van der Waals surface area (Å²) >= 11 is 0. The van der Waals surface area contributed by atoms with Gasteiger partial charge in [0, 0.05) is 6.04 Å². The molecule has 0 bridgehead atoms. The Kier molecular flexibility index (Phi) is 3.72. The van der Waals surface area contributed by atoms with Gasteiger partial charge < -0.3 is 10.5 Å². The van der Waals surface area contributed by atoms with Gasteiger partial charge in [0.2, 0.25) is 0 Å². The van der Waals surface area contributed by atoms with Crippen LogP contribution in [0, 0.1) is 0 Å². The molecule has 1 aliphatic rings. The lowest BCUT2D eigenvalue weighted by atomic mass is 10.0. The largest absolute Gasteiger partial charge is 0.465 e. The summed E-state index contributed by atoms with van der Waals surface area (Å²) in [5.41, 5.74) is 8.72. The SMILES string of the molecule is COC(=O)c1cccc2c1CC[C@H]2N.Cl. The third-order valence-electron chi connectivity index (χ3n) is 2.72. The molecular formula is C11H14ClNO2.